The molecule has 3 aromatic rings. The van der Waals surface area contributed by atoms with Crippen LogP contribution in [0.15, 0.2) is 60.7 Å². The summed E-state index contributed by atoms with van der Waals surface area (Å²) in [5.41, 5.74) is 3.85. The Hall–Kier alpha value is -3.11. The fourth-order valence-electron chi connectivity index (χ4n) is 6.35. The van der Waals surface area contributed by atoms with Crippen LogP contribution in [0, 0.1) is 0 Å². The van der Waals surface area contributed by atoms with Gasteiger partial charge in [-0.2, -0.15) is 0 Å². The predicted molar refractivity (Wildman–Crippen MR) is 197 cm³/mol. The van der Waals surface area contributed by atoms with Crippen molar-refractivity contribution in [3.8, 4) is 5.75 Å². The van der Waals surface area contributed by atoms with Crippen molar-refractivity contribution in [1.82, 2.24) is 10.2 Å². The van der Waals surface area contributed by atoms with E-state index >= 15 is 0 Å². The Morgan fingerprint density at radius 2 is 1.57 bits per heavy atom. The van der Waals surface area contributed by atoms with Crippen LogP contribution in [0.25, 0.3) is 0 Å². The molecule has 0 spiro atoms. The number of rotatable bonds is 14. The molecule has 15 heteroatoms. The molecular weight excluding hydrogens is 719 g/mol. The zero-order chi connectivity index (χ0) is 36.2. The molecule has 1 aliphatic carbocycles. The van der Waals surface area contributed by atoms with Crippen LogP contribution in [0.2, 0.25) is 10.0 Å². The third-order valence-corrected chi connectivity index (χ3v) is 11.2. The highest BCUT2D eigenvalue weighted by Crippen LogP contribution is 2.41. The zero-order valence-electron chi connectivity index (χ0n) is 27.8. The van der Waals surface area contributed by atoms with Crippen molar-refractivity contribution in [2.24, 2.45) is 0 Å². The first-order valence-corrected chi connectivity index (χ1v) is 18.8. The number of carbonyl (C=O) groups excluding carboxylic acids is 2. The van der Waals surface area contributed by atoms with Crippen molar-refractivity contribution in [2.75, 3.05) is 47.7 Å². The van der Waals surface area contributed by atoms with E-state index in [-0.39, 0.29) is 24.1 Å². The van der Waals surface area contributed by atoms with E-state index in [9.17, 15) is 30.0 Å². The van der Waals surface area contributed by atoms with E-state index in [1.54, 1.807) is 30.0 Å². The lowest BCUT2D eigenvalue weighted by atomic mass is 10.0. The number of halogens is 2. The molecule has 0 bridgehead atoms. The van der Waals surface area contributed by atoms with Gasteiger partial charge in [-0.15, -0.1) is 11.8 Å². The van der Waals surface area contributed by atoms with Gasteiger partial charge >= 0.3 is 0 Å². The van der Waals surface area contributed by atoms with Crippen molar-refractivity contribution >= 4 is 58.2 Å². The fourth-order valence-corrected chi connectivity index (χ4v) is 8.02. The lowest BCUT2D eigenvalue weighted by Gasteiger charge is -2.39. The summed E-state index contributed by atoms with van der Waals surface area (Å²) < 4.78 is 5.91. The molecule has 0 aromatic heterocycles. The number of thioether (sulfide) groups is 1. The standard InChI is InChI=1S/C36H42Cl2N4O8S/c37-26-14-23(18-50-25-9-5-21(6-10-25)35(48)39-15-31(44)33(46)34(47)32(45)17-43)27(38)13-22(26)16-40-20-51-19-30(40)36(49)42-12-11-41(24-7-8-24)28-3-1-2-4-29(28)42/h1-6,9-10,13-14,24,30-34,43-47H,7-8,11-12,15-20H2,(H,39,48)/t30?,31-,32+,33+,34+/m0/s1. The van der Waals surface area contributed by atoms with Gasteiger partial charge in [-0.3, -0.25) is 14.5 Å². The molecule has 2 aliphatic heterocycles. The molecule has 6 rings (SSSR count). The molecule has 12 nitrogen and oxygen atoms in total. The van der Waals surface area contributed by atoms with E-state index in [4.69, 9.17) is 33.0 Å². The highest BCUT2D eigenvalue weighted by molar-refractivity contribution is 7.99. The first-order valence-electron chi connectivity index (χ1n) is 16.9. The third-order valence-electron chi connectivity index (χ3n) is 9.46. The number of benzene rings is 3. The number of nitrogens with zero attached hydrogens (tertiary/aromatic N) is 3. The first-order chi connectivity index (χ1) is 24.5. The van der Waals surface area contributed by atoms with E-state index in [0.717, 1.165) is 23.5 Å². The van der Waals surface area contributed by atoms with Gasteiger partial charge in [0.2, 0.25) is 5.91 Å². The number of ether oxygens (including phenoxy) is 1. The summed E-state index contributed by atoms with van der Waals surface area (Å²) in [6.45, 7) is 0.885. The number of amides is 2. The van der Waals surface area contributed by atoms with Gasteiger partial charge in [-0.25, -0.2) is 0 Å². The Kier molecular flexibility index (Phi) is 12.3. The van der Waals surface area contributed by atoms with Crippen molar-refractivity contribution in [2.45, 2.75) is 62.5 Å². The van der Waals surface area contributed by atoms with Crippen LogP contribution in [0.5, 0.6) is 5.75 Å². The summed E-state index contributed by atoms with van der Waals surface area (Å²) in [6, 6.07) is 18.3. The topological polar surface area (TPSA) is 166 Å². The molecule has 1 saturated heterocycles. The number of aliphatic hydroxyl groups is 5. The first kappa shape index (κ1) is 37.6. The average Bonchev–Trinajstić information content (AvgIpc) is 3.90. The smallest absolute Gasteiger partial charge is 0.251 e. The summed E-state index contributed by atoms with van der Waals surface area (Å²) in [7, 11) is 0. The molecule has 3 aromatic carbocycles. The van der Waals surface area contributed by atoms with Gasteiger partial charge in [0.1, 0.15) is 30.7 Å². The normalized spacial score (nSPS) is 20.0. The molecule has 2 heterocycles. The third kappa shape index (κ3) is 8.75. The molecular formula is C36H42Cl2N4O8S. The molecule has 0 radical (unpaired) electrons. The maximum absolute atomic E-state index is 14.0. The lowest BCUT2D eigenvalue weighted by molar-refractivity contribution is -0.122. The van der Waals surface area contributed by atoms with Crippen LogP contribution in [0.3, 0.4) is 0 Å². The van der Waals surface area contributed by atoms with E-state index in [2.05, 4.69) is 21.2 Å². The fraction of sp³-hybridized carbons (Fsp3) is 0.444. The van der Waals surface area contributed by atoms with E-state index in [0.29, 0.717) is 52.1 Å². The van der Waals surface area contributed by atoms with Gasteiger partial charge in [0.15, 0.2) is 0 Å². The maximum Gasteiger partial charge on any atom is 0.251 e. The molecule has 1 saturated carbocycles. The largest absolute Gasteiger partial charge is 0.489 e. The summed E-state index contributed by atoms with van der Waals surface area (Å²) >= 11 is 15.2. The van der Waals surface area contributed by atoms with Crippen molar-refractivity contribution in [3.63, 3.8) is 0 Å². The van der Waals surface area contributed by atoms with Crippen LogP contribution in [-0.4, -0.2) is 117 Å². The predicted octanol–water partition coefficient (Wildman–Crippen LogP) is 2.63. The number of fused-ring (bicyclic) bond motifs is 1. The number of para-hydroxylation sites is 2. The lowest BCUT2D eigenvalue weighted by Crippen LogP contribution is -2.52. The van der Waals surface area contributed by atoms with Gasteiger partial charge < -0.3 is 45.4 Å². The zero-order valence-corrected chi connectivity index (χ0v) is 30.1. The van der Waals surface area contributed by atoms with Crippen molar-refractivity contribution in [3.05, 3.63) is 87.4 Å². The second-order valence-electron chi connectivity index (χ2n) is 13.0. The maximum atomic E-state index is 14.0. The molecule has 6 N–H and O–H groups in total. The quantitative estimate of drug-likeness (QED) is 0.143. The summed E-state index contributed by atoms with van der Waals surface area (Å²) in [5.74, 6) is 1.43. The molecule has 2 fully saturated rings. The van der Waals surface area contributed by atoms with Gasteiger partial charge in [-0.05, 0) is 66.9 Å². The molecule has 274 valence electrons. The van der Waals surface area contributed by atoms with Crippen LogP contribution in [-0.2, 0) is 17.9 Å². The van der Waals surface area contributed by atoms with E-state index in [1.807, 2.05) is 29.2 Å². The highest BCUT2D eigenvalue weighted by atomic mass is 35.5. The Morgan fingerprint density at radius 3 is 2.27 bits per heavy atom. The number of hydrogen-bond donors (Lipinski definition) is 6. The molecule has 1 unspecified atom stereocenters. The van der Waals surface area contributed by atoms with Crippen molar-refractivity contribution in [1.29, 1.82) is 0 Å². The number of hydrogen-bond acceptors (Lipinski definition) is 11. The van der Waals surface area contributed by atoms with Gasteiger partial charge in [0.05, 0.1) is 30.1 Å². The number of aliphatic hydroxyl groups excluding tert-OH is 5. The summed E-state index contributed by atoms with van der Waals surface area (Å²) in [5, 5.41) is 51.5. The Labute approximate surface area is 310 Å². The Bertz CT molecular complexity index is 1700. The SMILES string of the molecule is O=C(NC[C@H](O)[C@@H](O)[C@H](O)[C@H](O)CO)c1ccc(OCc2cc(Cl)c(CN3CSCC3C(=O)N3CCN(C4CC4)c4ccccc43)cc2Cl)cc1. The van der Waals surface area contributed by atoms with Crippen molar-refractivity contribution < 1.29 is 39.9 Å². The Balaban J connectivity index is 1.02. The molecule has 3 aliphatic rings. The van der Waals surface area contributed by atoms with E-state index in [1.165, 1.54) is 25.0 Å². The average molecular weight is 762 g/mol. The molecule has 5 atom stereocenters. The van der Waals surface area contributed by atoms with Crippen LogP contribution >= 0.6 is 35.0 Å². The number of nitrogens with one attached hydrogen (secondary N) is 1. The molecule has 2 amide bonds. The van der Waals surface area contributed by atoms with Gasteiger partial charge in [-0.1, -0.05) is 35.3 Å². The Morgan fingerprint density at radius 1 is 0.902 bits per heavy atom. The molecule has 51 heavy (non-hydrogen) atoms. The second kappa shape index (κ2) is 16.7. The van der Waals surface area contributed by atoms with Crippen LogP contribution in [0.1, 0.15) is 34.3 Å². The van der Waals surface area contributed by atoms with Crippen LogP contribution < -0.4 is 19.9 Å². The number of carbonyl (C=O) groups is 2. The minimum Gasteiger partial charge on any atom is -0.489 e. The second-order valence-corrected chi connectivity index (χ2v) is 14.8. The summed E-state index contributed by atoms with van der Waals surface area (Å²) in [6.07, 6.45) is -4.37. The summed E-state index contributed by atoms with van der Waals surface area (Å²) in [4.78, 5) is 33.1. The van der Waals surface area contributed by atoms with E-state index < -0.39 is 43.5 Å². The minimum atomic E-state index is -1.78. The monoisotopic (exact) mass is 760 g/mol. The minimum absolute atomic E-state index is 0.102. The van der Waals surface area contributed by atoms with Gasteiger partial charge in [0.25, 0.3) is 5.91 Å². The highest BCUT2D eigenvalue weighted by Gasteiger charge is 2.40. The van der Waals surface area contributed by atoms with Gasteiger partial charge in [0, 0.05) is 65.0 Å². The number of anilines is 2. The van der Waals surface area contributed by atoms with Crippen LogP contribution in [0.4, 0.5) is 11.4 Å².